The van der Waals surface area contributed by atoms with Gasteiger partial charge in [-0.2, -0.15) is 0 Å². The van der Waals surface area contributed by atoms with Crippen LogP contribution in [0.5, 0.6) is 0 Å². The van der Waals surface area contributed by atoms with Gasteiger partial charge in [0.05, 0.1) is 0 Å². The van der Waals surface area contributed by atoms with Crippen LogP contribution in [0.15, 0.2) is 27.4 Å². The van der Waals surface area contributed by atoms with E-state index in [0.717, 1.165) is 23.8 Å². The first-order valence-corrected chi connectivity index (χ1v) is 6.66. The fraction of sp³-hybridized carbons (Fsp3) is 0.400. The molecule has 3 heterocycles. The summed E-state index contributed by atoms with van der Waals surface area (Å²) in [6.45, 7) is 2.34. The molecule has 92 valence electrons. The third-order valence-electron chi connectivity index (χ3n) is 4.13. The molecule has 0 radical (unpaired) electrons. The zero-order valence-electron chi connectivity index (χ0n) is 10.2. The molecule has 3 heteroatoms. The molecule has 0 bridgehead atoms. The molecule has 2 aliphatic heterocycles. The summed E-state index contributed by atoms with van der Waals surface area (Å²) in [4.78, 5) is 13.9. The van der Waals surface area contributed by atoms with Gasteiger partial charge in [-0.15, -0.1) is 0 Å². The molecule has 0 aliphatic carbocycles. The highest BCUT2D eigenvalue weighted by Crippen LogP contribution is 2.39. The zero-order valence-corrected chi connectivity index (χ0v) is 10.2. The molecule has 0 spiro atoms. The number of aryl methyl sites for hydroxylation is 2. The normalized spacial score (nSPS) is 17.9. The van der Waals surface area contributed by atoms with E-state index in [1.54, 1.807) is 0 Å². The van der Waals surface area contributed by atoms with E-state index in [2.05, 4.69) is 11.0 Å². The molecule has 0 saturated heterocycles. The van der Waals surface area contributed by atoms with Crippen LogP contribution in [0.2, 0.25) is 0 Å². The van der Waals surface area contributed by atoms with Gasteiger partial charge in [-0.25, -0.2) is 4.79 Å². The number of anilines is 1. The van der Waals surface area contributed by atoms with Crippen molar-refractivity contribution in [1.82, 2.24) is 0 Å². The van der Waals surface area contributed by atoms with E-state index in [4.69, 9.17) is 4.42 Å². The summed E-state index contributed by atoms with van der Waals surface area (Å²) in [5.41, 5.74) is 4.68. The molecule has 2 aliphatic rings. The fourth-order valence-electron chi connectivity index (χ4n) is 3.42. The molecule has 18 heavy (non-hydrogen) atoms. The van der Waals surface area contributed by atoms with E-state index in [9.17, 15) is 4.79 Å². The number of fused-ring (bicyclic) bond motifs is 2. The van der Waals surface area contributed by atoms with E-state index in [0.29, 0.717) is 0 Å². The monoisotopic (exact) mass is 241 g/mol. The summed E-state index contributed by atoms with van der Waals surface area (Å²) in [7, 11) is 0. The average Bonchev–Trinajstić information content (AvgIpc) is 2.39. The minimum atomic E-state index is -0.252. The first kappa shape index (κ1) is 10.2. The van der Waals surface area contributed by atoms with Crippen LogP contribution in [0.1, 0.15) is 24.0 Å². The van der Waals surface area contributed by atoms with Crippen molar-refractivity contribution in [2.45, 2.75) is 25.7 Å². The van der Waals surface area contributed by atoms with Crippen molar-refractivity contribution in [3.63, 3.8) is 0 Å². The van der Waals surface area contributed by atoms with Gasteiger partial charge in [0.1, 0.15) is 5.58 Å². The van der Waals surface area contributed by atoms with Crippen LogP contribution >= 0.6 is 0 Å². The van der Waals surface area contributed by atoms with Gasteiger partial charge in [0.2, 0.25) is 0 Å². The van der Waals surface area contributed by atoms with Crippen molar-refractivity contribution in [2.75, 3.05) is 18.0 Å². The Bertz CT molecular complexity index is 685. The Balaban J connectivity index is 2.11. The Morgan fingerprint density at radius 2 is 1.94 bits per heavy atom. The second kappa shape index (κ2) is 3.61. The van der Waals surface area contributed by atoms with Crippen LogP contribution in [-0.2, 0) is 12.8 Å². The van der Waals surface area contributed by atoms with Crippen molar-refractivity contribution < 1.29 is 4.42 Å². The highest BCUT2D eigenvalue weighted by Gasteiger charge is 2.25. The third kappa shape index (κ3) is 1.33. The molecule has 0 fully saturated rings. The number of rotatable bonds is 0. The minimum Gasteiger partial charge on any atom is -0.423 e. The van der Waals surface area contributed by atoms with Crippen molar-refractivity contribution in [3.8, 4) is 0 Å². The standard InChI is InChI=1S/C15H15NO2/c17-14-6-5-11-12-4-2-8-16-7-1-3-10(15(12)16)9-13(11)18-14/h5-6,9H,1-4,7-8H2. The summed E-state index contributed by atoms with van der Waals surface area (Å²) >= 11 is 0. The third-order valence-corrected chi connectivity index (χ3v) is 4.13. The number of hydrogen-bond donors (Lipinski definition) is 0. The van der Waals surface area contributed by atoms with Crippen LogP contribution in [-0.4, -0.2) is 13.1 Å². The zero-order chi connectivity index (χ0) is 12.1. The SMILES string of the molecule is O=c1ccc2c3c4c(cc2o1)CCCN4CCC3. The van der Waals surface area contributed by atoms with Crippen molar-refractivity contribution >= 4 is 16.7 Å². The predicted molar refractivity (Wildman–Crippen MR) is 71.3 cm³/mol. The Kier molecular flexibility index (Phi) is 2.04. The topological polar surface area (TPSA) is 33.5 Å². The maximum Gasteiger partial charge on any atom is 0.336 e. The Morgan fingerprint density at radius 3 is 2.83 bits per heavy atom. The Labute approximate surface area is 105 Å². The van der Waals surface area contributed by atoms with Gasteiger partial charge in [-0.05, 0) is 48.9 Å². The highest BCUT2D eigenvalue weighted by molar-refractivity contribution is 5.89. The molecule has 4 rings (SSSR count). The second-order valence-electron chi connectivity index (χ2n) is 5.22. The van der Waals surface area contributed by atoms with Gasteiger partial charge in [-0.3, -0.25) is 0 Å². The van der Waals surface area contributed by atoms with E-state index >= 15 is 0 Å². The molecule has 0 amide bonds. The van der Waals surface area contributed by atoms with Crippen LogP contribution < -0.4 is 10.5 Å². The van der Waals surface area contributed by atoms with Gasteiger partial charge in [0.15, 0.2) is 0 Å². The fourth-order valence-corrected chi connectivity index (χ4v) is 3.42. The predicted octanol–water partition coefficient (Wildman–Crippen LogP) is 2.49. The van der Waals surface area contributed by atoms with Gasteiger partial charge in [0, 0.05) is 30.2 Å². The molecule has 0 saturated carbocycles. The van der Waals surface area contributed by atoms with Crippen LogP contribution in [0.3, 0.4) is 0 Å². The van der Waals surface area contributed by atoms with E-state index in [1.807, 2.05) is 6.07 Å². The van der Waals surface area contributed by atoms with E-state index < -0.39 is 0 Å². The van der Waals surface area contributed by atoms with Gasteiger partial charge in [-0.1, -0.05) is 0 Å². The largest absolute Gasteiger partial charge is 0.423 e. The molecular formula is C15H15NO2. The molecule has 0 N–H and O–H groups in total. The second-order valence-corrected chi connectivity index (χ2v) is 5.22. The van der Waals surface area contributed by atoms with Gasteiger partial charge >= 0.3 is 5.63 Å². The first-order chi connectivity index (χ1) is 8.83. The van der Waals surface area contributed by atoms with Gasteiger partial charge in [0.25, 0.3) is 0 Å². The lowest BCUT2D eigenvalue weighted by atomic mass is 9.89. The van der Waals surface area contributed by atoms with Crippen molar-refractivity contribution in [3.05, 3.63) is 39.7 Å². The van der Waals surface area contributed by atoms with E-state index in [1.165, 1.54) is 48.8 Å². The average molecular weight is 241 g/mol. The molecule has 1 aromatic heterocycles. The van der Waals surface area contributed by atoms with Crippen LogP contribution in [0.4, 0.5) is 5.69 Å². The quantitative estimate of drug-likeness (QED) is 0.664. The lowest BCUT2D eigenvalue weighted by Gasteiger charge is -2.37. The minimum absolute atomic E-state index is 0.252. The highest BCUT2D eigenvalue weighted by atomic mass is 16.4. The molecule has 3 nitrogen and oxygen atoms in total. The van der Waals surface area contributed by atoms with Crippen LogP contribution in [0, 0.1) is 0 Å². The van der Waals surface area contributed by atoms with Crippen LogP contribution in [0.25, 0.3) is 11.0 Å². The van der Waals surface area contributed by atoms with Crippen molar-refractivity contribution in [1.29, 1.82) is 0 Å². The van der Waals surface area contributed by atoms with Crippen molar-refractivity contribution in [2.24, 2.45) is 0 Å². The Morgan fingerprint density at radius 1 is 1.11 bits per heavy atom. The maximum atomic E-state index is 11.4. The summed E-state index contributed by atoms with van der Waals surface area (Å²) in [6, 6.07) is 5.54. The molecule has 1 aromatic carbocycles. The number of hydrogen-bond acceptors (Lipinski definition) is 3. The smallest absolute Gasteiger partial charge is 0.336 e. The Hall–Kier alpha value is -1.77. The lowest BCUT2D eigenvalue weighted by Crippen LogP contribution is -2.34. The lowest BCUT2D eigenvalue weighted by molar-refractivity contribution is 0.557. The molecule has 2 aromatic rings. The molecule has 0 atom stereocenters. The first-order valence-electron chi connectivity index (χ1n) is 6.66. The number of benzene rings is 1. The summed E-state index contributed by atoms with van der Waals surface area (Å²) in [5, 5.41) is 1.12. The number of nitrogens with zero attached hydrogens (tertiary/aromatic N) is 1. The summed E-state index contributed by atoms with van der Waals surface area (Å²) in [6.07, 6.45) is 4.61. The summed E-state index contributed by atoms with van der Waals surface area (Å²) in [5.74, 6) is 0. The maximum absolute atomic E-state index is 11.4. The molecule has 0 unspecified atom stereocenters. The van der Waals surface area contributed by atoms with Gasteiger partial charge < -0.3 is 9.32 Å². The van der Waals surface area contributed by atoms with E-state index in [-0.39, 0.29) is 5.63 Å². The summed E-state index contributed by atoms with van der Waals surface area (Å²) < 4.78 is 5.36. The molecular weight excluding hydrogens is 226 g/mol.